The number of nitrogens with one attached hydrogen (secondary N) is 3. The van der Waals surface area contributed by atoms with Crippen LogP contribution in [0.1, 0.15) is 32.1 Å². The summed E-state index contributed by atoms with van der Waals surface area (Å²) in [4.78, 5) is 57.5. The van der Waals surface area contributed by atoms with Crippen molar-refractivity contribution in [3.63, 3.8) is 0 Å². The highest BCUT2D eigenvalue weighted by molar-refractivity contribution is 7.98. The van der Waals surface area contributed by atoms with E-state index in [2.05, 4.69) is 38.6 Å². The van der Waals surface area contributed by atoms with Gasteiger partial charge in [-0.3, -0.25) is 24.4 Å². The quantitative estimate of drug-likeness (QED) is 0.0320. The fourth-order valence-corrected chi connectivity index (χ4v) is 3.66. The number of guanidine groups is 2. The number of hydrogen-bond donors (Lipinski definition) is 10. The van der Waals surface area contributed by atoms with E-state index in [0.717, 1.165) is 0 Å². The molecule has 0 heterocycles. The number of carbonyl (C=O) groups is 4. The number of rotatable bonds is 19. The zero-order chi connectivity index (χ0) is 28.4. The lowest BCUT2D eigenvalue weighted by Gasteiger charge is -2.25. The number of carboxylic acid groups (broad SMARTS) is 1. The Hall–Kier alpha value is -2.92. The van der Waals surface area contributed by atoms with Crippen molar-refractivity contribution in [2.75, 3.05) is 30.9 Å². The van der Waals surface area contributed by atoms with Crippen molar-refractivity contribution in [1.82, 2.24) is 16.0 Å². The molecule has 3 amide bonds. The minimum Gasteiger partial charge on any atom is -0.480 e. The predicted molar refractivity (Wildman–Crippen MR) is 148 cm³/mol. The van der Waals surface area contributed by atoms with Gasteiger partial charge in [0, 0.05) is 18.8 Å². The number of thiol groups is 1. The summed E-state index contributed by atoms with van der Waals surface area (Å²) >= 11 is 5.38. The van der Waals surface area contributed by atoms with Crippen molar-refractivity contribution in [3.8, 4) is 0 Å². The summed E-state index contributed by atoms with van der Waals surface area (Å²) < 4.78 is 0. The fourth-order valence-electron chi connectivity index (χ4n) is 2.94. The van der Waals surface area contributed by atoms with Crippen LogP contribution in [-0.4, -0.2) is 95.7 Å². The Labute approximate surface area is 226 Å². The molecule has 0 saturated carbocycles. The van der Waals surface area contributed by atoms with Crippen LogP contribution in [0, 0.1) is 0 Å². The topological polar surface area (TPSA) is 279 Å². The first kappa shape index (κ1) is 34.1. The first-order valence-corrected chi connectivity index (χ1v) is 13.6. The molecule has 37 heavy (non-hydrogen) atoms. The third kappa shape index (κ3) is 15.7. The lowest BCUT2D eigenvalue weighted by atomic mass is 10.1. The number of nitrogens with zero attached hydrogens (tertiary/aromatic N) is 2. The first-order chi connectivity index (χ1) is 17.4. The molecular weight excluding hydrogens is 524 g/mol. The molecule has 212 valence electrons. The van der Waals surface area contributed by atoms with E-state index in [1.54, 1.807) is 0 Å². The SMILES string of the molecule is CSCCC(NC(=O)C(CCCN=C(N)N)NC(=O)C(N)CCCN=C(N)N)C(=O)NC(CS)C(=O)O. The maximum atomic E-state index is 13.1. The average molecular weight is 565 g/mol. The van der Waals surface area contributed by atoms with Gasteiger partial charge in [0.15, 0.2) is 11.9 Å². The number of thioether (sulfide) groups is 1. The van der Waals surface area contributed by atoms with Gasteiger partial charge in [-0.2, -0.15) is 24.4 Å². The second kappa shape index (κ2) is 19.2. The largest absolute Gasteiger partial charge is 0.480 e. The zero-order valence-electron chi connectivity index (χ0n) is 20.9. The molecule has 0 aliphatic rings. The molecule has 0 spiro atoms. The number of carbonyl (C=O) groups excluding carboxylic acids is 3. The molecule has 4 unspecified atom stereocenters. The van der Waals surface area contributed by atoms with Gasteiger partial charge in [0.1, 0.15) is 18.1 Å². The third-order valence-electron chi connectivity index (χ3n) is 4.92. The van der Waals surface area contributed by atoms with E-state index in [1.165, 1.54) is 11.8 Å². The van der Waals surface area contributed by atoms with E-state index < -0.39 is 47.9 Å². The molecule has 0 aliphatic heterocycles. The third-order valence-corrected chi connectivity index (χ3v) is 5.93. The van der Waals surface area contributed by atoms with Crippen LogP contribution >= 0.6 is 24.4 Å². The Kier molecular flexibility index (Phi) is 17.7. The molecule has 0 aromatic heterocycles. The normalized spacial score (nSPS) is 13.8. The average Bonchev–Trinajstić information content (AvgIpc) is 2.83. The van der Waals surface area contributed by atoms with Crippen molar-refractivity contribution in [2.45, 2.75) is 56.3 Å². The number of amides is 3. The Bertz CT molecular complexity index is 806. The van der Waals surface area contributed by atoms with Crippen LogP contribution in [0.15, 0.2) is 9.98 Å². The Morgan fingerprint density at radius 3 is 1.73 bits per heavy atom. The van der Waals surface area contributed by atoms with Crippen molar-refractivity contribution >= 4 is 60.0 Å². The maximum Gasteiger partial charge on any atom is 0.327 e. The number of aliphatic carboxylic acids is 1. The lowest BCUT2D eigenvalue weighted by molar-refractivity contribution is -0.141. The monoisotopic (exact) mass is 564 g/mol. The second-order valence-electron chi connectivity index (χ2n) is 7.99. The number of carboxylic acids is 1. The van der Waals surface area contributed by atoms with E-state index in [-0.39, 0.29) is 43.5 Å². The summed E-state index contributed by atoms with van der Waals surface area (Å²) in [5.41, 5.74) is 27.1. The van der Waals surface area contributed by atoms with E-state index >= 15 is 0 Å². The Morgan fingerprint density at radius 2 is 1.27 bits per heavy atom. The van der Waals surface area contributed by atoms with Crippen molar-refractivity contribution in [1.29, 1.82) is 0 Å². The lowest BCUT2D eigenvalue weighted by Crippen LogP contribution is -2.57. The van der Waals surface area contributed by atoms with Gasteiger partial charge in [-0.15, -0.1) is 0 Å². The molecule has 0 aromatic carbocycles. The highest BCUT2D eigenvalue weighted by Crippen LogP contribution is 2.06. The molecule has 15 nitrogen and oxygen atoms in total. The van der Waals surface area contributed by atoms with Gasteiger partial charge >= 0.3 is 5.97 Å². The highest BCUT2D eigenvalue weighted by Gasteiger charge is 2.29. The van der Waals surface area contributed by atoms with Gasteiger partial charge < -0.3 is 49.7 Å². The van der Waals surface area contributed by atoms with Crippen LogP contribution in [0.2, 0.25) is 0 Å². The summed E-state index contributed by atoms with van der Waals surface area (Å²) in [6.07, 6.45) is 3.27. The minimum atomic E-state index is -1.25. The van der Waals surface area contributed by atoms with E-state index in [0.29, 0.717) is 25.1 Å². The van der Waals surface area contributed by atoms with Gasteiger partial charge in [-0.1, -0.05) is 0 Å². The van der Waals surface area contributed by atoms with Crippen LogP contribution in [0.3, 0.4) is 0 Å². The molecule has 0 rings (SSSR count). The Balaban J connectivity index is 5.44. The zero-order valence-corrected chi connectivity index (χ0v) is 22.6. The summed E-state index contributed by atoms with van der Waals surface area (Å²) in [6.45, 7) is 0.507. The number of aliphatic imine (C=N–C) groups is 2. The summed E-state index contributed by atoms with van der Waals surface area (Å²) in [5, 5.41) is 16.8. The molecule has 0 aliphatic carbocycles. The van der Waals surface area contributed by atoms with E-state index in [1.807, 2.05) is 6.26 Å². The van der Waals surface area contributed by atoms with Crippen molar-refractivity contribution < 1.29 is 24.3 Å². The molecule has 14 N–H and O–H groups in total. The van der Waals surface area contributed by atoms with Gasteiger partial charge in [0.2, 0.25) is 17.7 Å². The Morgan fingerprint density at radius 1 is 0.811 bits per heavy atom. The molecule has 17 heteroatoms. The van der Waals surface area contributed by atoms with Gasteiger partial charge in [0.25, 0.3) is 0 Å². The van der Waals surface area contributed by atoms with Gasteiger partial charge in [-0.05, 0) is 44.1 Å². The molecule has 0 bridgehead atoms. The molecule has 0 saturated heterocycles. The number of nitrogens with two attached hydrogens (primary N) is 5. The van der Waals surface area contributed by atoms with Crippen LogP contribution in [0.5, 0.6) is 0 Å². The molecule has 0 radical (unpaired) electrons. The summed E-state index contributed by atoms with van der Waals surface area (Å²) in [6, 6.07) is -4.23. The van der Waals surface area contributed by atoms with Crippen LogP contribution in [0.4, 0.5) is 0 Å². The predicted octanol–water partition coefficient (Wildman–Crippen LogP) is -3.36. The molecule has 4 atom stereocenters. The molecule has 0 aromatic rings. The van der Waals surface area contributed by atoms with Gasteiger partial charge in [-0.25, -0.2) is 4.79 Å². The van der Waals surface area contributed by atoms with Crippen LogP contribution in [-0.2, 0) is 19.2 Å². The number of hydrogen-bond acceptors (Lipinski definition) is 9. The van der Waals surface area contributed by atoms with E-state index in [4.69, 9.17) is 28.7 Å². The van der Waals surface area contributed by atoms with Crippen molar-refractivity contribution in [3.05, 3.63) is 0 Å². The standard InChI is InChI=1S/C20H40N10O5S2/c1-37-9-6-13(17(33)30-14(10-36)18(34)35)29-16(32)12(5-3-8-27-20(24)25)28-15(31)11(21)4-2-7-26-19(22)23/h11-14,36H,2-10,21H2,1H3,(H,28,31)(H,29,32)(H,30,33)(H,34,35)(H4,22,23,26)(H4,24,25,27). The van der Waals surface area contributed by atoms with E-state index in [9.17, 15) is 24.3 Å². The highest BCUT2D eigenvalue weighted by atomic mass is 32.2. The van der Waals surface area contributed by atoms with Gasteiger partial charge in [0.05, 0.1) is 6.04 Å². The first-order valence-electron chi connectivity index (χ1n) is 11.5. The fraction of sp³-hybridized carbons (Fsp3) is 0.700. The smallest absolute Gasteiger partial charge is 0.327 e. The van der Waals surface area contributed by atoms with Crippen molar-refractivity contribution in [2.24, 2.45) is 38.7 Å². The van der Waals surface area contributed by atoms with Crippen LogP contribution < -0.4 is 44.6 Å². The second-order valence-corrected chi connectivity index (χ2v) is 9.34. The van der Waals surface area contributed by atoms with Crippen LogP contribution in [0.25, 0.3) is 0 Å². The molecule has 0 fully saturated rings. The summed E-state index contributed by atoms with van der Waals surface area (Å²) in [7, 11) is 0. The summed E-state index contributed by atoms with van der Waals surface area (Å²) in [5.74, 6) is -2.93. The molecular formula is C20H40N10O5S2. The maximum absolute atomic E-state index is 13.1. The minimum absolute atomic E-state index is 0.0698.